The van der Waals surface area contributed by atoms with Gasteiger partial charge in [0.2, 0.25) is 0 Å². The molecule has 32 heavy (non-hydrogen) atoms. The predicted octanol–water partition coefficient (Wildman–Crippen LogP) is 6.62. The summed E-state index contributed by atoms with van der Waals surface area (Å²) >= 11 is 6.10. The number of carbonyl (C=O) groups is 2. The Bertz CT molecular complexity index is 1010. The maximum atomic E-state index is 15.5. The van der Waals surface area contributed by atoms with Crippen LogP contribution in [0.25, 0.3) is 0 Å². The molecule has 0 fully saturated rings. The molecule has 0 radical (unpaired) electrons. The number of nitrogens with two attached hydrogens (primary N) is 1. The molecule has 0 aromatic heterocycles. The molecule has 0 saturated heterocycles. The SMILES string of the molecule is CC(C)(C)OC(=O)N(C(=O)OC(C)(C)C)c1c(F)ccc(Nc2cc(N)ccc2Cl)c1F. The molecule has 0 aliphatic heterocycles. The minimum absolute atomic E-state index is 0.188. The van der Waals surface area contributed by atoms with E-state index in [0.717, 1.165) is 12.1 Å². The summed E-state index contributed by atoms with van der Waals surface area (Å²) in [6.07, 6.45) is -2.60. The molecular formula is C22H26ClF2N3O4. The first-order valence-electron chi connectivity index (χ1n) is 9.65. The molecule has 0 aliphatic rings. The van der Waals surface area contributed by atoms with Crippen molar-refractivity contribution in [1.82, 2.24) is 0 Å². The molecule has 2 rings (SSSR count). The largest absolute Gasteiger partial charge is 0.443 e. The standard InChI is InChI=1S/C22H26ClF2N3O4/c1-21(2,3)31-19(29)28(20(30)32-22(4,5)6)18-14(24)9-10-15(17(18)25)27-16-11-12(26)7-8-13(16)23/h7-11,27H,26H2,1-6H3. The third kappa shape index (κ3) is 6.46. The summed E-state index contributed by atoms with van der Waals surface area (Å²) in [6.45, 7) is 9.28. The minimum atomic E-state index is -1.30. The lowest BCUT2D eigenvalue weighted by Gasteiger charge is -2.29. The summed E-state index contributed by atoms with van der Waals surface area (Å²) in [5.74, 6) is -2.41. The van der Waals surface area contributed by atoms with Crippen molar-refractivity contribution in [1.29, 1.82) is 0 Å². The van der Waals surface area contributed by atoms with Crippen LogP contribution in [0.2, 0.25) is 5.02 Å². The van der Waals surface area contributed by atoms with Crippen LogP contribution in [-0.2, 0) is 9.47 Å². The number of ether oxygens (including phenoxy) is 2. The second kappa shape index (κ2) is 9.20. The fourth-order valence-electron chi connectivity index (χ4n) is 2.50. The molecule has 3 N–H and O–H groups in total. The van der Waals surface area contributed by atoms with E-state index in [1.54, 1.807) is 47.6 Å². The van der Waals surface area contributed by atoms with Crippen molar-refractivity contribution in [3.8, 4) is 0 Å². The number of benzene rings is 2. The van der Waals surface area contributed by atoms with Gasteiger partial charge in [-0.15, -0.1) is 0 Å². The average molecular weight is 470 g/mol. The summed E-state index contributed by atoms with van der Waals surface area (Å²) in [4.78, 5) is 25.7. The van der Waals surface area contributed by atoms with Crippen LogP contribution in [0, 0.1) is 11.6 Å². The van der Waals surface area contributed by atoms with E-state index < -0.39 is 40.7 Å². The van der Waals surface area contributed by atoms with Crippen molar-refractivity contribution in [3.63, 3.8) is 0 Å². The smallest absolute Gasteiger partial charge is 0.424 e. The van der Waals surface area contributed by atoms with Gasteiger partial charge in [-0.2, -0.15) is 4.90 Å². The first-order valence-corrected chi connectivity index (χ1v) is 10.0. The Labute approximate surface area is 190 Å². The molecule has 2 aromatic rings. The van der Waals surface area contributed by atoms with Crippen LogP contribution in [0.1, 0.15) is 41.5 Å². The Morgan fingerprint density at radius 2 is 1.47 bits per heavy atom. The number of carbonyl (C=O) groups excluding carboxylic acids is 2. The molecule has 0 atom stereocenters. The highest BCUT2D eigenvalue weighted by Crippen LogP contribution is 2.35. The third-order valence-corrected chi connectivity index (χ3v) is 4.03. The maximum absolute atomic E-state index is 15.5. The summed E-state index contributed by atoms with van der Waals surface area (Å²) < 4.78 is 40.6. The second-order valence-corrected chi connectivity index (χ2v) is 9.33. The Balaban J connectivity index is 2.59. The molecule has 174 valence electrons. The van der Waals surface area contributed by atoms with Crippen LogP contribution in [0.3, 0.4) is 0 Å². The number of hydrogen-bond donors (Lipinski definition) is 2. The van der Waals surface area contributed by atoms with Crippen LogP contribution in [-0.4, -0.2) is 23.4 Å². The molecule has 0 unspecified atom stereocenters. The van der Waals surface area contributed by atoms with Gasteiger partial charge in [-0.1, -0.05) is 11.6 Å². The highest BCUT2D eigenvalue weighted by molar-refractivity contribution is 6.33. The first kappa shape index (κ1) is 25.2. The van der Waals surface area contributed by atoms with E-state index in [4.69, 9.17) is 26.8 Å². The molecule has 2 aromatic carbocycles. The van der Waals surface area contributed by atoms with Gasteiger partial charge in [0.1, 0.15) is 16.9 Å². The predicted molar refractivity (Wildman–Crippen MR) is 120 cm³/mol. The van der Waals surface area contributed by atoms with Crippen molar-refractivity contribution >= 4 is 46.5 Å². The van der Waals surface area contributed by atoms with Gasteiger partial charge < -0.3 is 20.5 Å². The van der Waals surface area contributed by atoms with E-state index in [1.807, 2.05) is 0 Å². The van der Waals surface area contributed by atoms with E-state index >= 15 is 4.39 Å². The van der Waals surface area contributed by atoms with Gasteiger partial charge in [0, 0.05) is 5.69 Å². The fraction of sp³-hybridized carbons (Fsp3) is 0.364. The number of amides is 2. The molecule has 0 bridgehead atoms. The van der Waals surface area contributed by atoms with E-state index in [1.165, 1.54) is 12.1 Å². The van der Waals surface area contributed by atoms with Crippen LogP contribution < -0.4 is 16.0 Å². The highest BCUT2D eigenvalue weighted by Gasteiger charge is 2.37. The van der Waals surface area contributed by atoms with Crippen LogP contribution in [0.15, 0.2) is 30.3 Å². The lowest BCUT2D eigenvalue weighted by molar-refractivity contribution is 0.0427. The first-order chi connectivity index (χ1) is 14.6. The van der Waals surface area contributed by atoms with E-state index in [0.29, 0.717) is 5.69 Å². The topological polar surface area (TPSA) is 93.9 Å². The third-order valence-electron chi connectivity index (χ3n) is 3.70. The number of nitrogens with zero attached hydrogens (tertiary/aromatic N) is 1. The van der Waals surface area contributed by atoms with E-state index in [2.05, 4.69) is 5.32 Å². The number of imide groups is 1. The number of nitrogens with one attached hydrogen (secondary N) is 1. The number of halogens is 3. The fourth-order valence-corrected chi connectivity index (χ4v) is 2.66. The lowest BCUT2D eigenvalue weighted by Crippen LogP contribution is -2.44. The monoisotopic (exact) mass is 469 g/mol. The summed E-state index contributed by atoms with van der Waals surface area (Å²) in [6, 6.07) is 6.48. The number of rotatable bonds is 3. The number of nitrogen functional groups attached to an aromatic ring is 1. The minimum Gasteiger partial charge on any atom is -0.443 e. The van der Waals surface area contributed by atoms with Gasteiger partial charge in [-0.3, -0.25) is 0 Å². The van der Waals surface area contributed by atoms with Crippen molar-refractivity contribution in [2.75, 3.05) is 16.0 Å². The number of anilines is 4. The quantitative estimate of drug-likeness (QED) is 0.490. The summed E-state index contributed by atoms with van der Waals surface area (Å²) in [5.41, 5.74) is 3.02. The zero-order valence-electron chi connectivity index (χ0n) is 18.7. The molecule has 7 nitrogen and oxygen atoms in total. The van der Waals surface area contributed by atoms with Gasteiger partial charge in [-0.25, -0.2) is 18.4 Å². The summed E-state index contributed by atoms with van der Waals surface area (Å²) in [5, 5.41) is 2.92. The Kier molecular flexibility index (Phi) is 7.24. The van der Waals surface area contributed by atoms with Crippen molar-refractivity contribution in [2.24, 2.45) is 0 Å². The van der Waals surface area contributed by atoms with Gasteiger partial charge in [0.15, 0.2) is 11.6 Å². The number of hydrogen-bond acceptors (Lipinski definition) is 6. The Morgan fingerprint density at radius 3 is 1.97 bits per heavy atom. The van der Waals surface area contributed by atoms with Crippen LogP contribution in [0.5, 0.6) is 0 Å². The second-order valence-electron chi connectivity index (χ2n) is 8.92. The average Bonchev–Trinajstić information content (AvgIpc) is 2.60. The van der Waals surface area contributed by atoms with E-state index in [-0.39, 0.29) is 21.3 Å². The van der Waals surface area contributed by atoms with Gasteiger partial charge in [0.25, 0.3) is 0 Å². The molecule has 0 aliphatic carbocycles. The molecule has 0 spiro atoms. The van der Waals surface area contributed by atoms with Gasteiger partial charge in [0.05, 0.1) is 16.4 Å². The maximum Gasteiger partial charge on any atom is 0.424 e. The molecule has 2 amide bonds. The van der Waals surface area contributed by atoms with E-state index in [9.17, 15) is 14.0 Å². The van der Waals surface area contributed by atoms with Crippen molar-refractivity contribution in [2.45, 2.75) is 52.7 Å². The van der Waals surface area contributed by atoms with Crippen LogP contribution in [0.4, 0.5) is 41.1 Å². The summed E-state index contributed by atoms with van der Waals surface area (Å²) in [7, 11) is 0. The zero-order chi connectivity index (χ0) is 24.4. The molecule has 0 saturated carbocycles. The zero-order valence-corrected chi connectivity index (χ0v) is 19.4. The highest BCUT2D eigenvalue weighted by atomic mass is 35.5. The Morgan fingerprint density at radius 1 is 0.938 bits per heavy atom. The van der Waals surface area contributed by atoms with Crippen molar-refractivity contribution in [3.05, 3.63) is 47.0 Å². The lowest BCUT2D eigenvalue weighted by atomic mass is 10.2. The molecule has 10 heteroatoms. The normalized spacial score (nSPS) is 11.7. The van der Waals surface area contributed by atoms with Gasteiger partial charge >= 0.3 is 12.2 Å². The van der Waals surface area contributed by atoms with Crippen molar-refractivity contribution < 1.29 is 27.8 Å². The molecule has 0 heterocycles. The van der Waals surface area contributed by atoms with Gasteiger partial charge in [-0.05, 0) is 71.9 Å². The molecular weight excluding hydrogens is 444 g/mol. The van der Waals surface area contributed by atoms with Crippen LogP contribution >= 0.6 is 11.6 Å². The Hall–Kier alpha value is -3.07.